The summed E-state index contributed by atoms with van der Waals surface area (Å²) in [5.41, 5.74) is 1.60. The predicted octanol–water partition coefficient (Wildman–Crippen LogP) is 2.16. The summed E-state index contributed by atoms with van der Waals surface area (Å²) in [5, 5.41) is 8.32. The maximum atomic E-state index is 5.96. The third-order valence-corrected chi connectivity index (χ3v) is 3.37. The van der Waals surface area contributed by atoms with Crippen molar-refractivity contribution in [1.29, 1.82) is 0 Å². The van der Waals surface area contributed by atoms with E-state index in [1.54, 1.807) is 17.1 Å². The Labute approximate surface area is 125 Å². The molecule has 0 fully saturated rings. The van der Waals surface area contributed by atoms with Gasteiger partial charge in [-0.25, -0.2) is 9.97 Å². The standard InChI is InChI=1S/C12H12Cl2N6/c13-2-1-11-17-10-7-9(14)8-15-12(10)20(11)6-5-19-4-3-16-18-19/h3-4,7-8H,1-2,5-6H2. The number of hydrogen-bond donors (Lipinski definition) is 0. The number of nitrogens with zero attached hydrogens (tertiary/aromatic N) is 6. The average Bonchev–Trinajstić information content (AvgIpc) is 3.04. The van der Waals surface area contributed by atoms with Gasteiger partial charge in [0, 0.05) is 31.2 Å². The Morgan fingerprint density at radius 2 is 2.15 bits per heavy atom. The van der Waals surface area contributed by atoms with Crippen molar-refractivity contribution in [3.8, 4) is 0 Å². The molecule has 0 atom stereocenters. The Balaban J connectivity index is 1.95. The Bertz CT molecular complexity index is 706. The van der Waals surface area contributed by atoms with Gasteiger partial charge in [-0.15, -0.1) is 16.7 Å². The van der Waals surface area contributed by atoms with Gasteiger partial charge in [0.2, 0.25) is 0 Å². The zero-order valence-corrected chi connectivity index (χ0v) is 12.1. The Hall–Kier alpha value is -1.66. The van der Waals surface area contributed by atoms with Gasteiger partial charge in [0.25, 0.3) is 0 Å². The Morgan fingerprint density at radius 3 is 2.90 bits per heavy atom. The van der Waals surface area contributed by atoms with Gasteiger partial charge in [-0.3, -0.25) is 4.68 Å². The van der Waals surface area contributed by atoms with E-state index < -0.39 is 0 Å². The van der Waals surface area contributed by atoms with Crippen LogP contribution in [0.4, 0.5) is 0 Å². The van der Waals surface area contributed by atoms with Gasteiger partial charge in [-0.05, 0) is 6.07 Å². The van der Waals surface area contributed by atoms with Crippen molar-refractivity contribution >= 4 is 34.4 Å². The van der Waals surface area contributed by atoms with Gasteiger partial charge in [0.05, 0.1) is 17.8 Å². The summed E-state index contributed by atoms with van der Waals surface area (Å²) in [7, 11) is 0. The van der Waals surface area contributed by atoms with E-state index in [0.717, 1.165) is 17.0 Å². The lowest BCUT2D eigenvalue weighted by atomic mass is 10.4. The normalized spacial score (nSPS) is 11.3. The van der Waals surface area contributed by atoms with E-state index in [2.05, 4.69) is 24.8 Å². The number of pyridine rings is 1. The van der Waals surface area contributed by atoms with Crippen molar-refractivity contribution in [3.05, 3.63) is 35.5 Å². The Kier molecular flexibility index (Phi) is 3.84. The molecule has 0 aromatic carbocycles. The Morgan fingerprint density at radius 1 is 1.25 bits per heavy atom. The zero-order chi connectivity index (χ0) is 13.9. The molecule has 0 aliphatic rings. The topological polar surface area (TPSA) is 61.4 Å². The van der Waals surface area contributed by atoms with Crippen LogP contribution in [0.25, 0.3) is 11.2 Å². The van der Waals surface area contributed by atoms with Crippen LogP contribution in [0.3, 0.4) is 0 Å². The first-order chi connectivity index (χ1) is 9.78. The second-order valence-electron chi connectivity index (χ2n) is 4.28. The number of hydrogen-bond acceptors (Lipinski definition) is 4. The van der Waals surface area contributed by atoms with E-state index in [1.165, 1.54) is 0 Å². The molecule has 0 spiro atoms. The molecule has 0 radical (unpaired) electrons. The molecule has 0 bridgehead atoms. The van der Waals surface area contributed by atoms with Crippen LogP contribution in [0.1, 0.15) is 5.82 Å². The van der Waals surface area contributed by atoms with Crippen LogP contribution in [0.15, 0.2) is 24.7 Å². The first-order valence-corrected chi connectivity index (χ1v) is 7.10. The summed E-state index contributed by atoms with van der Waals surface area (Å²) in [6, 6.07) is 1.81. The number of fused-ring (bicyclic) bond motifs is 1. The van der Waals surface area contributed by atoms with Crippen molar-refractivity contribution in [3.63, 3.8) is 0 Å². The minimum absolute atomic E-state index is 0.514. The fraction of sp³-hybridized carbons (Fsp3) is 0.333. The van der Waals surface area contributed by atoms with Crippen molar-refractivity contribution in [2.75, 3.05) is 5.88 Å². The molecule has 3 rings (SSSR count). The minimum Gasteiger partial charge on any atom is -0.311 e. The molecule has 0 saturated carbocycles. The highest BCUT2D eigenvalue weighted by Crippen LogP contribution is 2.18. The van der Waals surface area contributed by atoms with Crippen LogP contribution < -0.4 is 0 Å². The van der Waals surface area contributed by atoms with E-state index in [1.807, 2.05) is 12.3 Å². The first-order valence-electron chi connectivity index (χ1n) is 6.18. The molecule has 3 heterocycles. The largest absolute Gasteiger partial charge is 0.311 e. The smallest absolute Gasteiger partial charge is 0.160 e. The molecule has 0 amide bonds. The molecule has 8 heteroatoms. The number of imidazole rings is 1. The highest BCUT2D eigenvalue weighted by Gasteiger charge is 2.12. The lowest BCUT2D eigenvalue weighted by Gasteiger charge is -2.07. The summed E-state index contributed by atoms with van der Waals surface area (Å²) in [5.74, 6) is 1.42. The van der Waals surface area contributed by atoms with E-state index in [0.29, 0.717) is 30.4 Å². The van der Waals surface area contributed by atoms with Crippen molar-refractivity contribution in [2.45, 2.75) is 19.5 Å². The fourth-order valence-corrected chi connectivity index (χ4v) is 2.42. The third-order valence-electron chi connectivity index (χ3n) is 2.97. The molecular formula is C12H12Cl2N6. The number of aromatic nitrogens is 6. The van der Waals surface area contributed by atoms with E-state index >= 15 is 0 Å². The predicted molar refractivity (Wildman–Crippen MR) is 77.0 cm³/mol. The summed E-state index contributed by atoms with van der Waals surface area (Å²) >= 11 is 11.8. The van der Waals surface area contributed by atoms with Crippen LogP contribution in [0, 0.1) is 0 Å². The highest BCUT2D eigenvalue weighted by molar-refractivity contribution is 6.31. The molecule has 0 N–H and O–H groups in total. The van der Waals surface area contributed by atoms with Gasteiger partial charge >= 0.3 is 0 Å². The number of halogens is 2. The summed E-state index contributed by atoms with van der Waals surface area (Å²) in [6.45, 7) is 1.41. The second-order valence-corrected chi connectivity index (χ2v) is 5.10. The van der Waals surface area contributed by atoms with Crippen molar-refractivity contribution in [2.24, 2.45) is 0 Å². The quantitative estimate of drug-likeness (QED) is 0.677. The molecule has 3 aromatic heterocycles. The van der Waals surface area contributed by atoms with Gasteiger partial charge in [-0.2, -0.15) is 0 Å². The SMILES string of the molecule is ClCCc1nc2cc(Cl)cnc2n1CCn1ccnn1. The van der Waals surface area contributed by atoms with Gasteiger partial charge in [-0.1, -0.05) is 16.8 Å². The van der Waals surface area contributed by atoms with Crippen LogP contribution >= 0.6 is 23.2 Å². The van der Waals surface area contributed by atoms with Crippen LogP contribution in [0.5, 0.6) is 0 Å². The molecular weight excluding hydrogens is 299 g/mol. The van der Waals surface area contributed by atoms with E-state index in [-0.39, 0.29) is 0 Å². The second kappa shape index (κ2) is 5.76. The molecule has 20 heavy (non-hydrogen) atoms. The van der Waals surface area contributed by atoms with Crippen molar-refractivity contribution in [1.82, 2.24) is 29.5 Å². The minimum atomic E-state index is 0.514. The summed E-state index contributed by atoms with van der Waals surface area (Å²) < 4.78 is 3.82. The number of rotatable bonds is 5. The molecule has 6 nitrogen and oxygen atoms in total. The monoisotopic (exact) mass is 310 g/mol. The maximum Gasteiger partial charge on any atom is 0.160 e. The third kappa shape index (κ3) is 2.62. The lowest BCUT2D eigenvalue weighted by Crippen LogP contribution is -2.11. The first kappa shape index (κ1) is 13.3. The van der Waals surface area contributed by atoms with Crippen LogP contribution in [-0.4, -0.2) is 35.4 Å². The van der Waals surface area contributed by atoms with Crippen LogP contribution in [-0.2, 0) is 19.5 Å². The lowest BCUT2D eigenvalue weighted by molar-refractivity contribution is 0.515. The molecule has 104 valence electrons. The van der Waals surface area contributed by atoms with Gasteiger partial charge < -0.3 is 4.57 Å². The van der Waals surface area contributed by atoms with Gasteiger partial charge in [0.1, 0.15) is 11.3 Å². The molecule has 0 unspecified atom stereocenters. The van der Waals surface area contributed by atoms with E-state index in [4.69, 9.17) is 23.2 Å². The molecule has 0 aliphatic heterocycles. The molecule has 0 saturated heterocycles. The fourth-order valence-electron chi connectivity index (χ4n) is 2.10. The zero-order valence-electron chi connectivity index (χ0n) is 10.6. The molecule has 0 aliphatic carbocycles. The number of alkyl halides is 1. The molecule has 3 aromatic rings. The maximum absolute atomic E-state index is 5.96. The van der Waals surface area contributed by atoms with Gasteiger partial charge in [0.15, 0.2) is 5.65 Å². The van der Waals surface area contributed by atoms with Crippen LogP contribution in [0.2, 0.25) is 5.02 Å². The van der Waals surface area contributed by atoms with E-state index in [9.17, 15) is 0 Å². The summed E-state index contributed by atoms with van der Waals surface area (Å²) in [4.78, 5) is 8.91. The van der Waals surface area contributed by atoms with Crippen molar-refractivity contribution < 1.29 is 0 Å². The number of aryl methyl sites for hydroxylation is 3. The summed E-state index contributed by atoms with van der Waals surface area (Å²) in [6.07, 6.45) is 5.79. The average molecular weight is 311 g/mol. The highest BCUT2D eigenvalue weighted by atomic mass is 35.5.